The van der Waals surface area contributed by atoms with Crippen LogP contribution in [0.1, 0.15) is 59.1 Å². The second kappa shape index (κ2) is 9.18. The number of benzene rings is 2. The predicted octanol–water partition coefficient (Wildman–Crippen LogP) is 8.23. The molecule has 2 unspecified atom stereocenters. The van der Waals surface area contributed by atoms with Crippen molar-refractivity contribution >= 4 is 37.3 Å². The van der Waals surface area contributed by atoms with Crippen molar-refractivity contribution in [3.8, 4) is 0 Å². The molecule has 0 aromatic heterocycles. The summed E-state index contributed by atoms with van der Waals surface area (Å²) in [4.78, 5) is 0. The van der Waals surface area contributed by atoms with Crippen LogP contribution in [0.2, 0.25) is 9.26 Å². The minimum Gasteiger partial charge on any atom is -0.147 e. The Morgan fingerprint density at radius 3 is 2.00 bits per heavy atom. The van der Waals surface area contributed by atoms with Gasteiger partial charge in [-0.2, -0.15) is 0 Å². The van der Waals surface area contributed by atoms with Gasteiger partial charge in [0.25, 0.3) is 0 Å². The Balaban J connectivity index is 0.00000181. The van der Waals surface area contributed by atoms with Crippen LogP contribution in [0.25, 0.3) is 5.57 Å². The Morgan fingerprint density at radius 2 is 1.44 bits per heavy atom. The average Bonchev–Trinajstić information content (AvgIpc) is 3.15. The maximum atomic E-state index is 2.70. The molecule has 0 radical (unpaired) electrons. The zero-order chi connectivity index (χ0) is 22.0. The molecule has 4 rings (SSSR count). The second-order valence-electron chi connectivity index (χ2n) is 10.8. The van der Waals surface area contributed by atoms with E-state index in [9.17, 15) is 0 Å². The Bertz CT molecular complexity index is 1240. The summed E-state index contributed by atoms with van der Waals surface area (Å²) in [7, 11) is 0. The molecule has 0 nitrogen and oxygen atoms in total. The first-order valence-electron chi connectivity index (χ1n) is 11.3. The van der Waals surface area contributed by atoms with Crippen LogP contribution in [0.4, 0.5) is 0 Å². The van der Waals surface area contributed by atoms with E-state index >= 15 is 0 Å². The van der Waals surface area contributed by atoms with Crippen molar-refractivity contribution < 1.29 is 17.4 Å². The molecule has 4 heteroatoms. The monoisotopic (exact) mass is 562 g/mol. The number of rotatable bonds is 3. The van der Waals surface area contributed by atoms with Crippen molar-refractivity contribution in [2.75, 3.05) is 0 Å². The van der Waals surface area contributed by atoms with Crippen molar-refractivity contribution in [1.29, 1.82) is 0 Å². The molecule has 32 heavy (non-hydrogen) atoms. The van der Waals surface area contributed by atoms with Crippen molar-refractivity contribution in [3.05, 3.63) is 96.4 Å². The van der Waals surface area contributed by atoms with Gasteiger partial charge in [-0.25, -0.2) is 0 Å². The van der Waals surface area contributed by atoms with E-state index in [1.165, 1.54) is 33.4 Å². The summed E-state index contributed by atoms with van der Waals surface area (Å²) in [5.74, 6) is 0.592. The van der Waals surface area contributed by atoms with Crippen LogP contribution in [0.3, 0.4) is 0 Å². The summed E-state index contributed by atoms with van der Waals surface area (Å²) in [5, 5.41) is 0. The number of allylic oxidation sites excluding steroid dienone is 5. The van der Waals surface area contributed by atoms with Gasteiger partial charge in [-0.05, 0) is 0 Å². The quantitative estimate of drug-likeness (QED) is 0.330. The van der Waals surface area contributed by atoms with Crippen molar-refractivity contribution in [2.24, 2.45) is 5.92 Å². The van der Waals surface area contributed by atoms with Gasteiger partial charge in [0.15, 0.2) is 0 Å². The Kier molecular flexibility index (Phi) is 7.91. The number of aryl methyl sites for hydroxylation is 2. The largest absolute Gasteiger partial charge is 0.147 e. The van der Waals surface area contributed by atoms with Gasteiger partial charge in [0.2, 0.25) is 0 Å². The average molecular weight is 565 g/mol. The molecular formula is C28H38Cl2SiZr. The topological polar surface area (TPSA) is 0 Å². The molecule has 0 fully saturated rings. The number of halogens is 2. The Morgan fingerprint density at radius 1 is 0.812 bits per heavy atom. The maximum Gasteiger partial charge on any atom is -0.147 e. The SMILES string of the molecule is CC1=C(C)C(C)[C]([Zr]([CH3])([CH3])(=[SiH2])[CH]2C=C(c3ccc(C)cc3C)c3ccccc32)=C1C.Cl.Cl. The summed E-state index contributed by atoms with van der Waals surface area (Å²) >= 11 is -3.32. The molecule has 0 aliphatic heterocycles. The van der Waals surface area contributed by atoms with E-state index in [4.69, 9.17) is 0 Å². The van der Waals surface area contributed by atoms with Crippen LogP contribution in [0.15, 0.2) is 68.5 Å². The predicted molar refractivity (Wildman–Crippen MR) is 147 cm³/mol. The number of fused-ring (bicyclic) bond motifs is 1. The van der Waals surface area contributed by atoms with Crippen molar-refractivity contribution in [1.82, 2.24) is 0 Å². The summed E-state index contributed by atoms with van der Waals surface area (Å²) in [5.41, 5.74) is 13.3. The van der Waals surface area contributed by atoms with E-state index in [0.717, 1.165) is 0 Å². The van der Waals surface area contributed by atoms with E-state index in [2.05, 4.69) is 106 Å². The molecule has 2 aromatic rings. The molecule has 2 aliphatic carbocycles. The third-order valence-electron chi connectivity index (χ3n) is 8.11. The van der Waals surface area contributed by atoms with E-state index in [0.29, 0.717) is 9.54 Å². The van der Waals surface area contributed by atoms with Gasteiger partial charge < -0.3 is 0 Å². The molecule has 0 amide bonds. The molecule has 0 N–H and O–H groups in total. The van der Waals surface area contributed by atoms with Crippen LogP contribution in [0.5, 0.6) is 0 Å². The molecule has 0 saturated carbocycles. The maximum absolute atomic E-state index is 3.32. The zero-order valence-electron chi connectivity index (χ0n) is 20.8. The van der Waals surface area contributed by atoms with Crippen LogP contribution < -0.4 is 0 Å². The van der Waals surface area contributed by atoms with Crippen LogP contribution in [-0.4, -0.2) is 6.88 Å². The Labute approximate surface area is 210 Å². The minimum atomic E-state index is -3.32. The smallest absolute Gasteiger partial charge is 0.147 e. The molecule has 0 heterocycles. The molecule has 2 atom stereocenters. The van der Waals surface area contributed by atoms with Crippen LogP contribution >= 0.6 is 24.8 Å². The van der Waals surface area contributed by atoms with Gasteiger partial charge in [0, 0.05) is 0 Å². The Hall–Kier alpha value is -0.660. The molecule has 0 spiro atoms. The molecule has 0 saturated heterocycles. The first kappa shape index (κ1) is 27.6. The van der Waals surface area contributed by atoms with E-state index in [-0.39, 0.29) is 24.8 Å². The molecule has 0 bridgehead atoms. The van der Waals surface area contributed by atoms with E-state index < -0.39 is 17.4 Å². The number of hydrogen-bond acceptors (Lipinski definition) is 0. The summed E-state index contributed by atoms with van der Waals surface area (Å²) in [6.07, 6.45) is 2.66. The fourth-order valence-electron chi connectivity index (χ4n) is 6.33. The molecule has 172 valence electrons. The first-order valence-corrected chi connectivity index (χ1v) is 24.8. The fourth-order valence-corrected chi connectivity index (χ4v) is 24.8. The molecule has 2 aliphatic rings. The number of hydrogen-bond donors (Lipinski definition) is 0. The van der Waals surface area contributed by atoms with Gasteiger partial charge in [0.05, 0.1) is 0 Å². The zero-order valence-corrected chi connectivity index (χ0v) is 26.3. The molecular weight excluding hydrogens is 527 g/mol. The third kappa shape index (κ3) is 4.15. The molecule has 2 aromatic carbocycles. The normalized spacial score (nSPS) is 20.6. The van der Waals surface area contributed by atoms with Crippen LogP contribution in [-0.2, 0) is 17.4 Å². The minimum absolute atomic E-state index is 0. The van der Waals surface area contributed by atoms with Crippen LogP contribution in [0, 0.1) is 19.8 Å². The van der Waals surface area contributed by atoms with Gasteiger partial charge in [0.1, 0.15) is 0 Å². The summed E-state index contributed by atoms with van der Waals surface area (Å²) in [6, 6.07) is 16.1. The standard InChI is InChI=1S/C17H15.C9H13.2CH3.2ClH.H2Si.Zr/c1-12-7-9-15(13(2)11-12)17-10-8-14-5-3-4-6-16(14)17;1-6-5-7(2)9(4)8(6)3;;;;;;/h3-11H,1-2H3;6H,1-4H3;2*1H3;2*1H;1H2;. The van der Waals surface area contributed by atoms with E-state index in [1.807, 2.05) is 3.28 Å². The van der Waals surface area contributed by atoms with Gasteiger partial charge in [-0.3, -0.25) is 0 Å². The fraction of sp³-hybridized carbons (Fsp3) is 0.357. The van der Waals surface area contributed by atoms with Gasteiger partial charge >= 0.3 is 187 Å². The van der Waals surface area contributed by atoms with Crippen molar-refractivity contribution in [3.63, 3.8) is 0 Å². The van der Waals surface area contributed by atoms with E-state index in [1.54, 1.807) is 16.7 Å². The van der Waals surface area contributed by atoms with Gasteiger partial charge in [-0.1, -0.05) is 0 Å². The first-order chi connectivity index (χ1) is 13.9. The van der Waals surface area contributed by atoms with Gasteiger partial charge in [-0.15, -0.1) is 24.8 Å². The van der Waals surface area contributed by atoms with Crippen molar-refractivity contribution in [2.45, 2.75) is 54.4 Å². The summed E-state index contributed by atoms with van der Waals surface area (Å²) < 4.78 is 7.78. The third-order valence-corrected chi connectivity index (χ3v) is 25.4. The summed E-state index contributed by atoms with van der Waals surface area (Å²) in [6.45, 7) is 16.4. The second-order valence-corrected chi connectivity index (χ2v) is 40.4.